The molecular formula is C16H22N2O3. The summed E-state index contributed by atoms with van der Waals surface area (Å²) in [6.07, 6.45) is 3.13. The number of nitrogens with zero attached hydrogens (tertiary/aromatic N) is 1. The van der Waals surface area contributed by atoms with Crippen LogP contribution in [-0.4, -0.2) is 36.5 Å². The molecule has 1 atom stereocenters. The molecule has 0 bridgehead atoms. The molecule has 5 nitrogen and oxygen atoms in total. The summed E-state index contributed by atoms with van der Waals surface area (Å²) in [6, 6.07) is 7.27. The third-order valence-electron chi connectivity index (χ3n) is 3.95. The van der Waals surface area contributed by atoms with Gasteiger partial charge in [-0.1, -0.05) is 12.1 Å². The van der Waals surface area contributed by atoms with Crippen LogP contribution in [0, 0.1) is 0 Å². The summed E-state index contributed by atoms with van der Waals surface area (Å²) >= 11 is 0. The maximum absolute atomic E-state index is 12.6. The second kappa shape index (κ2) is 7.22. The highest BCUT2D eigenvalue weighted by Crippen LogP contribution is 2.22. The summed E-state index contributed by atoms with van der Waals surface area (Å²) in [5.41, 5.74) is 7.20. The Kier molecular flexibility index (Phi) is 5.33. The molecule has 2 rings (SSSR count). The van der Waals surface area contributed by atoms with Crippen molar-refractivity contribution in [2.45, 2.75) is 38.3 Å². The van der Waals surface area contributed by atoms with Gasteiger partial charge in [0.1, 0.15) is 0 Å². The molecule has 1 aromatic rings. The monoisotopic (exact) mass is 290 g/mol. The van der Waals surface area contributed by atoms with E-state index < -0.39 is 0 Å². The Hall–Kier alpha value is -1.88. The van der Waals surface area contributed by atoms with Crippen molar-refractivity contribution in [2.75, 3.05) is 13.7 Å². The first-order valence-electron chi connectivity index (χ1n) is 7.32. The molecule has 0 saturated carbocycles. The number of carbonyl (C=O) groups is 2. The van der Waals surface area contributed by atoms with Crippen LogP contribution in [0.15, 0.2) is 24.3 Å². The van der Waals surface area contributed by atoms with Crippen LogP contribution in [0.2, 0.25) is 0 Å². The van der Waals surface area contributed by atoms with Gasteiger partial charge in [0, 0.05) is 24.7 Å². The Labute approximate surface area is 125 Å². The predicted molar refractivity (Wildman–Crippen MR) is 79.6 cm³/mol. The molecule has 1 aliphatic rings. The van der Waals surface area contributed by atoms with E-state index in [4.69, 9.17) is 10.5 Å². The number of methoxy groups -OCH3 is 1. The molecule has 0 spiro atoms. The van der Waals surface area contributed by atoms with Gasteiger partial charge in [0.05, 0.1) is 13.5 Å². The number of ether oxygens (including phenoxy) is 1. The Bertz CT molecular complexity index is 499. The minimum absolute atomic E-state index is 0.0211. The molecule has 21 heavy (non-hydrogen) atoms. The van der Waals surface area contributed by atoms with E-state index in [0.717, 1.165) is 24.8 Å². The van der Waals surface area contributed by atoms with Gasteiger partial charge in [0.25, 0.3) is 5.91 Å². The highest BCUT2D eigenvalue weighted by molar-refractivity contribution is 5.94. The van der Waals surface area contributed by atoms with E-state index in [1.54, 1.807) is 17.0 Å². The van der Waals surface area contributed by atoms with Crippen LogP contribution in [-0.2, 0) is 16.1 Å². The minimum atomic E-state index is -0.266. The SMILES string of the molecule is COC(=O)CC1CCCCN1C(=O)c1ccc(CN)cc1. The van der Waals surface area contributed by atoms with E-state index in [1.165, 1.54) is 7.11 Å². The molecule has 1 fully saturated rings. The first-order chi connectivity index (χ1) is 10.2. The second-order valence-corrected chi connectivity index (χ2v) is 5.33. The lowest BCUT2D eigenvalue weighted by Gasteiger charge is -2.35. The number of amides is 1. The van der Waals surface area contributed by atoms with Crippen LogP contribution >= 0.6 is 0 Å². The van der Waals surface area contributed by atoms with Crippen molar-refractivity contribution in [2.24, 2.45) is 5.73 Å². The molecule has 1 heterocycles. The summed E-state index contributed by atoms with van der Waals surface area (Å²) < 4.78 is 4.73. The zero-order chi connectivity index (χ0) is 15.2. The Morgan fingerprint density at radius 2 is 2.00 bits per heavy atom. The third kappa shape index (κ3) is 3.82. The van der Waals surface area contributed by atoms with Crippen LogP contribution in [0.1, 0.15) is 41.6 Å². The van der Waals surface area contributed by atoms with E-state index >= 15 is 0 Å². The molecule has 1 saturated heterocycles. The zero-order valence-electron chi connectivity index (χ0n) is 12.4. The number of esters is 1. The van der Waals surface area contributed by atoms with E-state index in [0.29, 0.717) is 18.7 Å². The number of benzene rings is 1. The number of nitrogens with two attached hydrogens (primary N) is 1. The van der Waals surface area contributed by atoms with Crippen molar-refractivity contribution < 1.29 is 14.3 Å². The lowest BCUT2D eigenvalue weighted by Crippen LogP contribution is -2.44. The number of hydrogen-bond acceptors (Lipinski definition) is 4. The number of carbonyl (C=O) groups excluding carboxylic acids is 2. The summed E-state index contributed by atoms with van der Waals surface area (Å²) in [5.74, 6) is -0.287. The molecule has 2 N–H and O–H groups in total. The molecule has 0 aromatic heterocycles. The molecule has 5 heteroatoms. The summed E-state index contributed by atoms with van der Waals surface area (Å²) in [5, 5.41) is 0. The van der Waals surface area contributed by atoms with E-state index in [-0.39, 0.29) is 24.3 Å². The Balaban J connectivity index is 2.11. The van der Waals surface area contributed by atoms with Gasteiger partial charge in [-0.2, -0.15) is 0 Å². The van der Waals surface area contributed by atoms with Crippen molar-refractivity contribution in [3.63, 3.8) is 0 Å². The lowest BCUT2D eigenvalue weighted by molar-refractivity contribution is -0.142. The van der Waals surface area contributed by atoms with Crippen LogP contribution in [0.4, 0.5) is 0 Å². The normalized spacial score (nSPS) is 18.4. The molecule has 1 aromatic carbocycles. The summed E-state index contributed by atoms with van der Waals surface area (Å²) in [4.78, 5) is 25.9. The second-order valence-electron chi connectivity index (χ2n) is 5.33. The highest BCUT2D eigenvalue weighted by Gasteiger charge is 2.29. The van der Waals surface area contributed by atoms with Gasteiger partial charge in [-0.15, -0.1) is 0 Å². The van der Waals surface area contributed by atoms with Crippen molar-refractivity contribution in [1.82, 2.24) is 4.90 Å². The van der Waals surface area contributed by atoms with Crippen molar-refractivity contribution in [1.29, 1.82) is 0 Å². The van der Waals surface area contributed by atoms with Gasteiger partial charge < -0.3 is 15.4 Å². The molecule has 0 aliphatic carbocycles. The average Bonchev–Trinajstić information content (AvgIpc) is 2.54. The molecule has 1 amide bonds. The van der Waals surface area contributed by atoms with Gasteiger partial charge in [-0.3, -0.25) is 9.59 Å². The lowest BCUT2D eigenvalue weighted by atomic mass is 9.98. The number of hydrogen-bond donors (Lipinski definition) is 1. The topological polar surface area (TPSA) is 72.6 Å². The van der Waals surface area contributed by atoms with Crippen LogP contribution in [0.3, 0.4) is 0 Å². The molecule has 1 aliphatic heterocycles. The maximum Gasteiger partial charge on any atom is 0.307 e. The maximum atomic E-state index is 12.6. The average molecular weight is 290 g/mol. The largest absolute Gasteiger partial charge is 0.469 e. The van der Waals surface area contributed by atoms with Gasteiger partial charge in [-0.05, 0) is 37.0 Å². The van der Waals surface area contributed by atoms with E-state index in [1.807, 2.05) is 12.1 Å². The van der Waals surface area contributed by atoms with Crippen molar-refractivity contribution >= 4 is 11.9 Å². The summed E-state index contributed by atoms with van der Waals surface area (Å²) in [6.45, 7) is 1.16. The summed E-state index contributed by atoms with van der Waals surface area (Å²) in [7, 11) is 1.38. The van der Waals surface area contributed by atoms with Crippen molar-refractivity contribution in [3.8, 4) is 0 Å². The standard InChI is InChI=1S/C16H22N2O3/c1-21-15(19)10-14-4-2-3-9-18(14)16(20)13-7-5-12(11-17)6-8-13/h5-8,14H,2-4,9-11,17H2,1H3. The van der Waals surface area contributed by atoms with Gasteiger partial charge in [-0.25, -0.2) is 0 Å². The predicted octanol–water partition coefficient (Wildman–Crippen LogP) is 1.70. The number of rotatable bonds is 4. The highest BCUT2D eigenvalue weighted by atomic mass is 16.5. The minimum Gasteiger partial charge on any atom is -0.469 e. The van der Waals surface area contributed by atoms with Crippen LogP contribution in [0.5, 0.6) is 0 Å². The molecular weight excluding hydrogens is 268 g/mol. The Morgan fingerprint density at radius 3 is 2.62 bits per heavy atom. The van der Waals surface area contributed by atoms with Crippen LogP contribution in [0.25, 0.3) is 0 Å². The smallest absolute Gasteiger partial charge is 0.307 e. The van der Waals surface area contributed by atoms with Gasteiger partial charge in [0.2, 0.25) is 0 Å². The first-order valence-corrected chi connectivity index (χ1v) is 7.32. The van der Waals surface area contributed by atoms with Crippen LogP contribution < -0.4 is 5.73 Å². The third-order valence-corrected chi connectivity index (χ3v) is 3.95. The molecule has 114 valence electrons. The number of likely N-dealkylation sites (tertiary alicyclic amines) is 1. The first kappa shape index (κ1) is 15.5. The van der Waals surface area contributed by atoms with Gasteiger partial charge >= 0.3 is 5.97 Å². The molecule has 0 radical (unpaired) electrons. The van der Waals surface area contributed by atoms with Crippen molar-refractivity contribution in [3.05, 3.63) is 35.4 Å². The fourth-order valence-electron chi connectivity index (χ4n) is 2.71. The van der Waals surface area contributed by atoms with E-state index in [2.05, 4.69) is 0 Å². The Morgan fingerprint density at radius 1 is 1.29 bits per heavy atom. The quantitative estimate of drug-likeness (QED) is 0.857. The van der Waals surface area contributed by atoms with Gasteiger partial charge in [0.15, 0.2) is 0 Å². The molecule has 1 unspecified atom stereocenters. The number of piperidine rings is 1. The fraction of sp³-hybridized carbons (Fsp3) is 0.500. The van der Waals surface area contributed by atoms with E-state index in [9.17, 15) is 9.59 Å². The zero-order valence-corrected chi connectivity index (χ0v) is 12.4. The fourth-order valence-corrected chi connectivity index (χ4v) is 2.71.